The number of hydrogen-bond donors (Lipinski definition) is 1. The van der Waals surface area contributed by atoms with Gasteiger partial charge in [-0.05, 0) is 31.6 Å². The van der Waals surface area contributed by atoms with Gasteiger partial charge >= 0.3 is 5.97 Å². The number of aromatic nitrogens is 2. The van der Waals surface area contributed by atoms with E-state index < -0.39 is 5.97 Å². The predicted molar refractivity (Wildman–Crippen MR) is 66.1 cm³/mol. The first kappa shape index (κ1) is 10.4. The van der Waals surface area contributed by atoms with Crippen LogP contribution < -0.4 is 0 Å². The zero-order chi connectivity index (χ0) is 12.2. The molecular weight excluding hydrogens is 236 g/mol. The van der Waals surface area contributed by atoms with E-state index in [2.05, 4.69) is 4.98 Å². The predicted octanol–water partition coefficient (Wildman–Crippen LogP) is 2.48. The second-order valence-corrected chi connectivity index (χ2v) is 5.07. The van der Waals surface area contributed by atoms with E-state index in [4.69, 9.17) is 5.11 Å². The lowest BCUT2D eigenvalue weighted by Crippen LogP contribution is -2.05. The molecule has 1 aliphatic rings. The van der Waals surface area contributed by atoms with Crippen LogP contribution in [0.25, 0.3) is 11.7 Å². The van der Waals surface area contributed by atoms with Crippen molar-refractivity contribution in [2.45, 2.75) is 18.9 Å². The van der Waals surface area contributed by atoms with Crippen LogP contribution in [-0.4, -0.2) is 20.5 Å². The van der Waals surface area contributed by atoms with E-state index in [-0.39, 0.29) is 0 Å². The summed E-state index contributed by atoms with van der Waals surface area (Å²) in [6, 6.07) is 3.91. The van der Waals surface area contributed by atoms with Crippen LogP contribution in [0.1, 0.15) is 17.0 Å². The van der Waals surface area contributed by atoms with E-state index in [0.717, 1.165) is 27.6 Å². The minimum Gasteiger partial charge on any atom is -0.477 e. The van der Waals surface area contributed by atoms with E-state index in [1.165, 1.54) is 11.8 Å². The summed E-state index contributed by atoms with van der Waals surface area (Å²) in [6.45, 7) is 3.90. The highest BCUT2D eigenvalue weighted by Crippen LogP contribution is 2.36. The first-order valence-electron chi connectivity index (χ1n) is 5.19. The molecule has 0 aliphatic carbocycles. The van der Waals surface area contributed by atoms with Gasteiger partial charge in [0.1, 0.15) is 10.6 Å². The molecule has 3 rings (SSSR count). The zero-order valence-corrected chi connectivity index (χ0v) is 10.2. The largest absolute Gasteiger partial charge is 0.477 e. The number of aryl methyl sites for hydroxylation is 2. The van der Waals surface area contributed by atoms with Crippen molar-refractivity contribution in [3.63, 3.8) is 0 Å². The summed E-state index contributed by atoms with van der Waals surface area (Å²) in [5, 5.41) is 9.99. The fourth-order valence-corrected chi connectivity index (χ4v) is 2.89. The molecule has 0 radical (unpaired) electrons. The number of carboxylic acids is 1. The van der Waals surface area contributed by atoms with Crippen molar-refractivity contribution in [3.8, 4) is 0 Å². The number of pyridine rings is 1. The molecule has 2 aromatic rings. The van der Waals surface area contributed by atoms with Crippen molar-refractivity contribution in [1.82, 2.24) is 9.38 Å². The Balaban J connectivity index is 2.40. The monoisotopic (exact) mass is 246 g/mol. The lowest BCUT2D eigenvalue weighted by Gasteiger charge is -2.13. The maximum absolute atomic E-state index is 11.1. The number of imidazole rings is 1. The van der Waals surface area contributed by atoms with E-state index in [9.17, 15) is 4.79 Å². The Morgan fingerprint density at radius 2 is 2.18 bits per heavy atom. The van der Waals surface area contributed by atoms with Crippen molar-refractivity contribution in [3.05, 3.63) is 34.0 Å². The van der Waals surface area contributed by atoms with Gasteiger partial charge < -0.3 is 5.11 Å². The molecule has 86 valence electrons. The third kappa shape index (κ3) is 1.39. The van der Waals surface area contributed by atoms with Gasteiger partial charge in [-0.1, -0.05) is 17.8 Å². The molecule has 1 N–H and O–H groups in total. The maximum Gasteiger partial charge on any atom is 0.342 e. The van der Waals surface area contributed by atoms with Gasteiger partial charge in [0.2, 0.25) is 0 Å². The Kier molecular flexibility index (Phi) is 2.06. The van der Waals surface area contributed by atoms with Crippen LogP contribution in [0.2, 0.25) is 0 Å². The Bertz CT molecular complexity index is 685. The summed E-state index contributed by atoms with van der Waals surface area (Å²) in [5.74, 6) is -0.893. The minimum atomic E-state index is -0.893. The normalized spacial score (nSPS) is 13.9. The summed E-state index contributed by atoms with van der Waals surface area (Å²) in [7, 11) is 0. The summed E-state index contributed by atoms with van der Waals surface area (Å²) in [6.07, 6.45) is 1.69. The maximum atomic E-state index is 11.1. The summed E-state index contributed by atoms with van der Waals surface area (Å²) < 4.78 is 2.02. The Morgan fingerprint density at radius 1 is 1.41 bits per heavy atom. The number of rotatable bonds is 1. The molecule has 0 aromatic carbocycles. The highest BCUT2D eigenvalue weighted by molar-refractivity contribution is 8.04. The average molecular weight is 246 g/mol. The molecule has 5 heteroatoms. The summed E-state index contributed by atoms with van der Waals surface area (Å²) in [4.78, 5) is 15.9. The quantitative estimate of drug-likeness (QED) is 0.839. The van der Waals surface area contributed by atoms with Crippen LogP contribution in [-0.2, 0) is 4.79 Å². The van der Waals surface area contributed by atoms with Gasteiger partial charge in [0.05, 0.1) is 16.4 Å². The molecule has 4 nitrogen and oxygen atoms in total. The molecular formula is C12H10N2O2S. The molecule has 3 heterocycles. The smallest absolute Gasteiger partial charge is 0.342 e. The highest BCUT2D eigenvalue weighted by atomic mass is 32.2. The topological polar surface area (TPSA) is 54.6 Å². The first-order chi connectivity index (χ1) is 8.08. The highest BCUT2D eigenvalue weighted by Gasteiger charge is 2.21. The van der Waals surface area contributed by atoms with Gasteiger partial charge in [-0.25, -0.2) is 9.78 Å². The lowest BCUT2D eigenvalue weighted by molar-refractivity contribution is -0.131. The lowest BCUT2D eigenvalue weighted by atomic mass is 10.3. The van der Waals surface area contributed by atoms with Crippen molar-refractivity contribution >= 4 is 29.5 Å². The van der Waals surface area contributed by atoms with Gasteiger partial charge in [-0.2, -0.15) is 0 Å². The SMILES string of the molecule is Cc1nc2c(C)ccc3n2c1C=C(C(=O)O)S3. The fourth-order valence-electron chi connectivity index (χ4n) is 2.00. The van der Waals surface area contributed by atoms with Crippen molar-refractivity contribution in [1.29, 1.82) is 0 Å². The third-order valence-electron chi connectivity index (χ3n) is 2.84. The van der Waals surface area contributed by atoms with Crippen molar-refractivity contribution in [2.75, 3.05) is 0 Å². The van der Waals surface area contributed by atoms with Crippen LogP contribution in [0.15, 0.2) is 22.1 Å². The van der Waals surface area contributed by atoms with Gasteiger partial charge in [-0.3, -0.25) is 4.40 Å². The third-order valence-corrected chi connectivity index (χ3v) is 3.88. The molecule has 0 spiro atoms. The molecule has 0 saturated carbocycles. The zero-order valence-electron chi connectivity index (χ0n) is 9.39. The Labute approximate surface area is 102 Å². The van der Waals surface area contributed by atoms with Crippen LogP contribution >= 0.6 is 11.8 Å². The van der Waals surface area contributed by atoms with E-state index in [0.29, 0.717) is 4.91 Å². The minimum absolute atomic E-state index is 0.339. The average Bonchev–Trinajstić information content (AvgIpc) is 2.63. The van der Waals surface area contributed by atoms with Crippen LogP contribution in [0.3, 0.4) is 0 Å². The molecule has 0 amide bonds. The van der Waals surface area contributed by atoms with E-state index in [1.54, 1.807) is 6.08 Å². The molecule has 17 heavy (non-hydrogen) atoms. The molecule has 0 bridgehead atoms. The second-order valence-electron chi connectivity index (χ2n) is 4.01. The molecule has 0 atom stereocenters. The van der Waals surface area contributed by atoms with Gasteiger partial charge in [0, 0.05) is 0 Å². The first-order valence-corrected chi connectivity index (χ1v) is 6.01. The Hall–Kier alpha value is -1.75. The standard InChI is InChI=1S/C12H10N2O2S/c1-6-3-4-10-14-8(7(2)13-11(6)14)5-9(17-10)12(15)16/h3-5H,1-2H3,(H,15,16). The number of hydrogen-bond acceptors (Lipinski definition) is 3. The number of thioether (sulfide) groups is 1. The van der Waals surface area contributed by atoms with Gasteiger partial charge in [0.15, 0.2) is 0 Å². The molecule has 1 aliphatic heterocycles. The second kappa shape index (κ2) is 3.37. The van der Waals surface area contributed by atoms with E-state index >= 15 is 0 Å². The molecule has 0 fully saturated rings. The molecule has 2 aromatic heterocycles. The molecule has 0 saturated heterocycles. The molecule has 0 unspecified atom stereocenters. The number of aliphatic carboxylic acids is 1. The fraction of sp³-hybridized carbons (Fsp3) is 0.167. The van der Waals surface area contributed by atoms with Gasteiger partial charge in [-0.15, -0.1) is 0 Å². The van der Waals surface area contributed by atoms with Crippen molar-refractivity contribution in [2.24, 2.45) is 0 Å². The number of nitrogens with zero attached hydrogens (tertiary/aromatic N) is 2. The summed E-state index contributed by atoms with van der Waals surface area (Å²) >= 11 is 1.26. The van der Waals surface area contributed by atoms with Crippen molar-refractivity contribution < 1.29 is 9.90 Å². The number of carbonyl (C=O) groups is 1. The van der Waals surface area contributed by atoms with Crippen LogP contribution in [0.5, 0.6) is 0 Å². The van der Waals surface area contributed by atoms with Gasteiger partial charge in [0.25, 0.3) is 0 Å². The Morgan fingerprint density at radius 3 is 2.88 bits per heavy atom. The summed E-state index contributed by atoms with van der Waals surface area (Å²) in [5.41, 5.74) is 3.73. The van der Waals surface area contributed by atoms with Crippen LogP contribution in [0, 0.1) is 13.8 Å². The van der Waals surface area contributed by atoms with Crippen LogP contribution in [0.4, 0.5) is 0 Å². The van der Waals surface area contributed by atoms with E-state index in [1.807, 2.05) is 30.4 Å². The number of carboxylic acid groups (broad SMARTS) is 1.